The minimum absolute atomic E-state index is 0.101. The van der Waals surface area contributed by atoms with Gasteiger partial charge in [-0.05, 0) is 31.0 Å². The van der Waals surface area contributed by atoms with E-state index in [1.807, 2.05) is 18.2 Å². The summed E-state index contributed by atoms with van der Waals surface area (Å²) in [7, 11) is 0. The molecule has 1 amide bonds. The first-order valence-electron chi connectivity index (χ1n) is 4.92. The van der Waals surface area contributed by atoms with Crippen molar-refractivity contribution in [2.75, 3.05) is 11.9 Å². The van der Waals surface area contributed by atoms with E-state index in [2.05, 4.69) is 5.32 Å². The second-order valence-corrected chi connectivity index (χ2v) is 3.55. The van der Waals surface area contributed by atoms with Crippen LogP contribution in [0.2, 0.25) is 0 Å². The van der Waals surface area contributed by atoms with Crippen LogP contribution in [0.25, 0.3) is 0 Å². The van der Waals surface area contributed by atoms with Crippen molar-refractivity contribution in [1.29, 1.82) is 0 Å². The zero-order valence-corrected chi connectivity index (χ0v) is 8.49. The van der Waals surface area contributed by atoms with Crippen molar-refractivity contribution in [1.82, 2.24) is 0 Å². The third kappa shape index (κ3) is 1.94. The normalized spacial score (nSPS) is 19.1. The molecular weight excluding hydrogens is 194 g/mol. The molecule has 80 valence electrons. The number of anilines is 1. The van der Waals surface area contributed by atoms with Gasteiger partial charge in [0.1, 0.15) is 5.75 Å². The van der Waals surface area contributed by atoms with Gasteiger partial charge in [0.25, 0.3) is 5.91 Å². The molecule has 0 radical (unpaired) electrons. The second-order valence-electron chi connectivity index (χ2n) is 3.55. The van der Waals surface area contributed by atoms with E-state index in [1.165, 1.54) is 0 Å². The largest absolute Gasteiger partial charge is 0.479 e. The van der Waals surface area contributed by atoms with Gasteiger partial charge in [0, 0.05) is 6.61 Å². The fraction of sp³-hybridized carbons (Fsp3) is 0.364. The highest BCUT2D eigenvalue weighted by Gasteiger charge is 2.23. The quantitative estimate of drug-likeness (QED) is 0.758. The molecule has 0 saturated heterocycles. The predicted molar refractivity (Wildman–Crippen MR) is 56.0 cm³/mol. The zero-order chi connectivity index (χ0) is 10.8. The lowest BCUT2D eigenvalue weighted by Gasteiger charge is -2.23. The Balaban J connectivity index is 2.29. The fourth-order valence-corrected chi connectivity index (χ4v) is 1.54. The molecule has 1 aromatic carbocycles. The maximum Gasteiger partial charge on any atom is 0.265 e. The SMILES string of the molecule is CC1Oc2ccc(CCO)cc2NC1=O. The Kier molecular flexibility index (Phi) is 2.60. The van der Waals surface area contributed by atoms with Crippen molar-refractivity contribution in [3.05, 3.63) is 23.8 Å². The lowest BCUT2D eigenvalue weighted by molar-refractivity contribution is -0.122. The number of aliphatic hydroxyl groups is 1. The van der Waals surface area contributed by atoms with Crippen molar-refractivity contribution in [2.45, 2.75) is 19.4 Å². The summed E-state index contributed by atoms with van der Waals surface area (Å²) in [5, 5.41) is 11.6. The van der Waals surface area contributed by atoms with E-state index in [1.54, 1.807) is 6.92 Å². The Labute approximate surface area is 87.9 Å². The van der Waals surface area contributed by atoms with Crippen LogP contribution in [0.1, 0.15) is 12.5 Å². The average Bonchev–Trinajstić information content (AvgIpc) is 2.21. The smallest absolute Gasteiger partial charge is 0.265 e. The van der Waals surface area contributed by atoms with Gasteiger partial charge < -0.3 is 15.2 Å². The highest BCUT2D eigenvalue weighted by atomic mass is 16.5. The number of nitrogens with one attached hydrogen (secondary N) is 1. The lowest BCUT2D eigenvalue weighted by atomic mass is 10.1. The molecule has 15 heavy (non-hydrogen) atoms. The van der Waals surface area contributed by atoms with Gasteiger partial charge in [-0.1, -0.05) is 6.07 Å². The Bertz CT molecular complexity index is 389. The summed E-state index contributed by atoms with van der Waals surface area (Å²) in [5.74, 6) is 0.549. The van der Waals surface area contributed by atoms with E-state index >= 15 is 0 Å². The number of hydrogen-bond acceptors (Lipinski definition) is 3. The van der Waals surface area contributed by atoms with Gasteiger partial charge in [0.2, 0.25) is 0 Å². The summed E-state index contributed by atoms with van der Waals surface area (Å²) in [4.78, 5) is 11.3. The molecule has 2 N–H and O–H groups in total. The third-order valence-corrected chi connectivity index (χ3v) is 2.38. The van der Waals surface area contributed by atoms with Crippen LogP contribution in [-0.2, 0) is 11.2 Å². The van der Waals surface area contributed by atoms with Crippen LogP contribution < -0.4 is 10.1 Å². The van der Waals surface area contributed by atoms with Gasteiger partial charge in [-0.25, -0.2) is 0 Å². The zero-order valence-electron chi connectivity index (χ0n) is 8.49. The van der Waals surface area contributed by atoms with Crippen molar-refractivity contribution in [3.63, 3.8) is 0 Å². The van der Waals surface area contributed by atoms with Gasteiger partial charge in [-0.3, -0.25) is 4.79 Å². The number of aliphatic hydroxyl groups excluding tert-OH is 1. The predicted octanol–water partition coefficient (Wildman–Crippen LogP) is 0.941. The van der Waals surface area contributed by atoms with Gasteiger partial charge in [-0.15, -0.1) is 0 Å². The third-order valence-electron chi connectivity index (χ3n) is 2.38. The van der Waals surface area contributed by atoms with E-state index in [9.17, 15) is 4.79 Å². The Morgan fingerprint density at radius 3 is 3.07 bits per heavy atom. The highest BCUT2D eigenvalue weighted by Crippen LogP contribution is 2.30. The molecule has 0 saturated carbocycles. The average molecular weight is 207 g/mol. The van der Waals surface area contributed by atoms with E-state index < -0.39 is 6.10 Å². The summed E-state index contributed by atoms with van der Waals surface area (Å²) in [5.41, 5.74) is 1.67. The topological polar surface area (TPSA) is 58.6 Å². The number of rotatable bonds is 2. The summed E-state index contributed by atoms with van der Waals surface area (Å²) in [6, 6.07) is 5.53. The Morgan fingerprint density at radius 1 is 1.53 bits per heavy atom. The standard InChI is InChI=1S/C11H13NO3/c1-7-11(14)12-9-6-8(4-5-13)2-3-10(9)15-7/h2-3,6-7,13H,4-5H2,1H3,(H,12,14). The summed E-state index contributed by atoms with van der Waals surface area (Å²) in [6.07, 6.45) is 0.139. The van der Waals surface area contributed by atoms with E-state index in [0.29, 0.717) is 17.9 Å². The molecule has 1 unspecified atom stereocenters. The van der Waals surface area contributed by atoms with Crippen molar-refractivity contribution in [3.8, 4) is 5.75 Å². The molecule has 0 fully saturated rings. The molecule has 2 rings (SSSR count). The lowest BCUT2D eigenvalue weighted by Crippen LogP contribution is -2.34. The summed E-state index contributed by atoms with van der Waals surface area (Å²) >= 11 is 0. The Hall–Kier alpha value is -1.55. The van der Waals surface area contributed by atoms with Gasteiger partial charge in [0.15, 0.2) is 6.10 Å². The molecule has 1 atom stereocenters. The second kappa shape index (κ2) is 3.90. The molecule has 4 nitrogen and oxygen atoms in total. The molecule has 0 aromatic heterocycles. The molecule has 0 aliphatic carbocycles. The van der Waals surface area contributed by atoms with Crippen molar-refractivity contribution >= 4 is 11.6 Å². The van der Waals surface area contributed by atoms with Gasteiger partial charge in [-0.2, -0.15) is 0 Å². The van der Waals surface area contributed by atoms with Crippen LogP contribution in [0.3, 0.4) is 0 Å². The monoisotopic (exact) mass is 207 g/mol. The van der Waals surface area contributed by atoms with Crippen LogP contribution in [0.5, 0.6) is 5.75 Å². The first-order chi connectivity index (χ1) is 7.20. The molecule has 1 aliphatic heterocycles. The van der Waals surface area contributed by atoms with Gasteiger partial charge in [0.05, 0.1) is 5.69 Å². The first kappa shape index (κ1) is 9.98. The molecule has 4 heteroatoms. The summed E-state index contributed by atoms with van der Waals surface area (Å²) in [6.45, 7) is 1.81. The van der Waals surface area contributed by atoms with E-state index in [0.717, 1.165) is 5.56 Å². The summed E-state index contributed by atoms with van der Waals surface area (Å²) < 4.78 is 5.40. The number of carbonyl (C=O) groups excluding carboxylic acids is 1. The van der Waals surface area contributed by atoms with Crippen molar-refractivity contribution < 1.29 is 14.6 Å². The number of hydrogen-bond donors (Lipinski definition) is 2. The van der Waals surface area contributed by atoms with Crippen LogP contribution in [0.4, 0.5) is 5.69 Å². The minimum Gasteiger partial charge on any atom is -0.479 e. The minimum atomic E-state index is -0.443. The van der Waals surface area contributed by atoms with E-state index in [4.69, 9.17) is 9.84 Å². The number of ether oxygens (including phenoxy) is 1. The van der Waals surface area contributed by atoms with Crippen LogP contribution in [0.15, 0.2) is 18.2 Å². The molecular formula is C11H13NO3. The van der Waals surface area contributed by atoms with Gasteiger partial charge >= 0.3 is 0 Å². The van der Waals surface area contributed by atoms with Crippen molar-refractivity contribution in [2.24, 2.45) is 0 Å². The maximum atomic E-state index is 11.3. The molecule has 1 aliphatic rings. The van der Waals surface area contributed by atoms with Crippen LogP contribution in [0, 0.1) is 0 Å². The molecule has 0 spiro atoms. The Morgan fingerprint density at radius 2 is 2.33 bits per heavy atom. The number of benzene rings is 1. The number of carbonyl (C=O) groups is 1. The fourth-order valence-electron chi connectivity index (χ4n) is 1.54. The first-order valence-corrected chi connectivity index (χ1v) is 4.92. The molecule has 1 heterocycles. The number of fused-ring (bicyclic) bond motifs is 1. The highest BCUT2D eigenvalue weighted by molar-refractivity contribution is 5.97. The maximum absolute atomic E-state index is 11.3. The number of amides is 1. The van der Waals surface area contributed by atoms with E-state index in [-0.39, 0.29) is 12.5 Å². The van der Waals surface area contributed by atoms with Crippen LogP contribution in [-0.4, -0.2) is 23.7 Å². The molecule has 0 bridgehead atoms. The molecule has 1 aromatic rings. The van der Waals surface area contributed by atoms with Crippen LogP contribution >= 0.6 is 0 Å².